The molecule has 16 heavy (non-hydrogen) atoms. The van der Waals surface area contributed by atoms with Gasteiger partial charge in [0.05, 0.1) is 13.7 Å². The number of hydrogen-bond donors (Lipinski definition) is 1. The van der Waals surface area contributed by atoms with Crippen LogP contribution in [0, 0.1) is 5.92 Å². The summed E-state index contributed by atoms with van der Waals surface area (Å²) in [5.41, 5.74) is 0.843. The van der Waals surface area contributed by atoms with Crippen LogP contribution in [-0.2, 0) is 4.74 Å². The molecule has 0 aromatic heterocycles. The first-order valence-electron chi connectivity index (χ1n) is 5.69. The third-order valence-corrected chi connectivity index (χ3v) is 2.80. The number of ether oxygens (including phenoxy) is 2. The second-order valence-electron chi connectivity index (χ2n) is 4.27. The van der Waals surface area contributed by atoms with Crippen molar-refractivity contribution in [2.45, 2.75) is 18.9 Å². The molecule has 1 atom stereocenters. The van der Waals surface area contributed by atoms with Crippen molar-refractivity contribution in [3.8, 4) is 5.75 Å². The summed E-state index contributed by atoms with van der Waals surface area (Å²) in [6.45, 7) is 1.14. The number of aliphatic hydroxyl groups excluding tert-OH is 1. The zero-order valence-corrected chi connectivity index (χ0v) is 9.56. The van der Waals surface area contributed by atoms with Crippen molar-refractivity contribution in [1.29, 1.82) is 0 Å². The van der Waals surface area contributed by atoms with Gasteiger partial charge >= 0.3 is 0 Å². The van der Waals surface area contributed by atoms with Gasteiger partial charge in [0.25, 0.3) is 0 Å². The summed E-state index contributed by atoms with van der Waals surface area (Å²) in [5.74, 6) is 1.50. The molecule has 1 aromatic carbocycles. The molecule has 1 aromatic rings. The number of methoxy groups -OCH3 is 1. The van der Waals surface area contributed by atoms with Crippen molar-refractivity contribution in [2.75, 3.05) is 20.3 Å². The highest BCUT2D eigenvalue weighted by molar-refractivity contribution is 5.29. The van der Waals surface area contributed by atoms with Crippen molar-refractivity contribution in [1.82, 2.24) is 0 Å². The summed E-state index contributed by atoms with van der Waals surface area (Å²) >= 11 is 0. The van der Waals surface area contributed by atoms with Gasteiger partial charge in [-0.3, -0.25) is 0 Å². The average molecular weight is 222 g/mol. The Morgan fingerprint density at radius 2 is 2.25 bits per heavy atom. The molecule has 1 aliphatic carbocycles. The molecule has 2 rings (SSSR count). The first-order valence-corrected chi connectivity index (χ1v) is 5.69. The maximum Gasteiger partial charge on any atom is 0.119 e. The van der Waals surface area contributed by atoms with E-state index in [1.54, 1.807) is 7.11 Å². The highest BCUT2D eigenvalue weighted by atomic mass is 16.5. The lowest BCUT2D eigenvalue weighted by molar-refractivity contribution is 0.0314. The van der Waals surface area contributed by atoms with E-state index in [2.05, 4.69) is 0 Å². The molecule has 0 spiro atoms. The van der Waals surface area contributed by atoms with Crippen LogP contribution in [-0.4, -0.2) is 25.4 Å². The van der Waals surface area contributed by atoms with Crippen molar-refractivity contribution in [3.05, 3.63) is 29.8 Å². The minimum absolute atomic E-state index is 0.365. The second kappa shape index (κ2) is 5.32. The fourth-order valence-corrected chi connectivity index (χ4v) is 1.58. The van der Waals surface area contributed by atoms with Crippen LogP contribution in [0.2, 0.25) is 0 Å². The highest BCUT2D eigenvalue weighted by Gasteiger charge is 2.21. The van der Waals surface area contributed by atoms with E-state index in [9.17, 15) is 5.11 Å². The molecular weight excluding hydrogens is 204 g/mol. The first-order chi connectivity index (χ1) is 7.79. The summed E-state index contributed by atoms with van der Waals surface area (Å²) in [4.78, 5) is 0. The molecule has 1 saturated carbocycles. The SMILES string of the molecule is COc1cccc(C(O)COCC2CC2)c1. The minimum atomic E-state index is -0.561. The fourth-order valence-electron chi connectivity index (χ4n) is 1.58. The normalized spacial score (nSPS) is 17.1. The highest BCUT2D eigenvalue weighted by Crippen LogP contribution is 2.29. The quantitative estimate of drug-likeness (QED) is 0.801. The zero-order valence-electron chi connectivity index (χ0n) is 9.56. The van der Waals surface area contributed by atoms with Gasteiger partial charge in [-0.1, -0.05) is 12.1 Å². The van der Waals surface area contributed by atoms with Crippen LogP contribution in [0.3, 0.4) is 0 Å². The van der Waals surface area contributed by atoms with E-state index in [-0.39, 0.29) is 0 Å². The molecule has 1 fully saturated rings. The Morgan fingerprint density at radius 1 is 1.44 bits per heavy atom. The largest absolute Gasteiger partial charge is 0.497 e. The molecular formula is C13H18O3. The molecule has 0 amide bonds. The number of rotatable bonds is 6. The summed E-state index contributed by atoms with van der Waals surface area (Å²) in [6.07, 6.45) is 1.98. The molecule has 88 valence electrons. The number of benzene rings is 1. The van der Waals surface area contributed by atoms with Crippen LogP contribution in [0.4, 0.5) is 0 Å². The summed E-state index contributed by atoms with van der Waals surface area (Å²) in [5, 5.41) is 9.89. The van der Waals surface area contributed by atoms with E-state index in [1.807, 2.05) is 24.3 Å². The van der Waals surface area contributed by atoms with Crippen molar-refractivity contribution in [2.24, 2.45) is 5.92 Å². The standard InChI is InChI=1S/C13H18O3/c1-15-12-4-2-3-11(7-12)13(14)9-16-8-10-5-6-10/h2-4,7,10,13-14H,5-6,8-9H2,1H3. The van der Waals surface area contributed by atoms with Gasteiger partial charge < -0.3 is 14.6 Å². The van der Waals surface area contributed by atoms with E-state index >= 15 is 0 Å². The van der Waals surface area contributed by atoms with Crippen molar-refractivity contribution < 1.29 is 14.6 Å². The van der Waals surface area contributed by atoms with E-state index < -0.39 is 6.10 Å². The van der Waals surface area contributed by atoms with Gasteiger partial charge in [0, 0.05) is 6.61 Å². The molecule has 0 heterocycles. The third-order valence-electron chi connectivity index (χ3n) is 2.80. The number of aliphatic hydroxyl groups is 1. The van der Waals surface area contributed by atoms with Gasteiger partial charge in [-0.2, -0.15) is 0 Å². The number of hydrogen-bond acceptors (Lipinski definition) is 3. The Balaban J connectivity index is 1.83. The van der Waals surface area contributed by atoms with Crippen LogP contribution in [0.1, 0.15) is 24.5 Å². The maximum absolute atomic E-state index is 9.89. The maximum atomic E-state index is 9.89. The van der Waals surface area contributed by atoms with Gasteiger partial charge in [0.15, 0.2) is 0 Å². The summed E-state index contributed by atoms with van der Waals surface area (Å²) in [7, 11) is 1.62. The molecule has 1 aliphatic rings. The molecule has 0 bridgehead atoms. The van der Waals surface area contributed by atoms with Gasteiger partial charge in [0.2, 0.25) is 0 Å². The van der Waals surface area contributed by atoms with Crippen LogP contribution in [0.5, 0.6) is 5.75 Å². The fraction of sp³-hybridized carbons (Fsp3) is 0.538. The van der Waals surface area contributed by atoms with Crippen LogP contribution >= 0.6 is 0 Å². The van der Waals surface area contributed by atoms with Crippen molar-refractivity contribution >= 4 is 0 Å². The lowest BCUT2D eigenvalue weighted by atomic mass is 10.1. The summed E-state index contributed by atoms with van der Waals surface area (Å²) in [6, 6.07) is 7.46. The molecule has 0 aliphatic heterocycles. The Kier molecular flexibility index (Phi) is 3.80. The Bertz CT molecular complexity index is 334. The molecule has 3 heteroatoms. The van der Waals surface area contributed by atoms with Gasteiger partial charge in [-0.25, -0.2) is 0 Å². The smallest absolute Gasteiger partial charge is 0.119 e. The zero-order chi connectivity index (χ0) is 11.4. The molecule has 3 nitrogen and oxygen atoms in total. The lowest BCUT2D eigenvalue weighted by Crippen LogP contribution is -2.08. The second-order valence-corrected chi connectivity index (χ2v) is 4.27. The van der Waals surface area contributed by atoms with E-state index in [1.165, 1.54) is 12.8 Å². The third kappa shape index (κ3) is 3.22. The minimum Gasteiger partial charge on any atom is -0.497 e. The van der Waals surface area contributed by atoms with Crippen molar-refractivity contribution in [3.63, 3.8) is 0 Å². The predicted octanol–water partition coefficient (Wildman–Crippen LogP) is 2.16. The topological polar surface area (TPSA) is 38.7 Å². The molecule has 0 radical (unpaired) electrons. The van der Waals surface area contributed by atoms with Gasteiger partial charge in [0.1, 0.15) is 11.9 Å². The van der Waals surface area contributed by atoms with Gasteiger partial charge in [-0.15, -0.1) is 0 Å². The van der Waals surface area contributed by atoms with E-state index in [4.69, 9.17) is 9.47 Å². The monoisotopic (exact) mass is 222 g/mol. The Morgan fingerprint density at radius 3 is 2.94 bits per heavy atom. The van der Waals surface area contributed by atoms with E-state index in [0.29, 0.717) is 6.61 Å². The predicted molar refractivity (Wildman–Crippen MR) is 61.5 cm³/mol. The molecule has 0 saturated heterocycles. The summed E-state index contributed by atoms with van der Waals surface area (Å²) < 4.78 is 10.6. The van der Waals surface area contributed by atoms with Crippen LogP contribution in [0.25, 0.3) is 0 Å². The Labute approximate surface area is 96.0 Å². The van der Waals surface area contributed by atoms with E-state index in [0.717, 1.165) is 23.8 Å². The van der Waals surface area contributed by atoms with Crippen LogP contribution < -0.4 is 4.74 Å². The first kappa shape index (κ1) is 11.4. The van der Waals surface area contributed by atoms with Gasteiger partial charge in [-0.05, 0) is 36.5 Å². The molecule has 1 N–H and O–H groups in total. The average Bonchev–Trinajstić information content (AvgIpc) is 3.13. The molecule has 1 unspecified atom stereocenters. The van der Waals surface area contributed by atoms with Crippen LogP contribution in [0.15, 0.2) is 24.3 Å². The lowest BCUT2D eigenvalue weighted by Gasteiger charge is -2.12. The Hall–Kier alpha value is -1.06.